The Morgan fingerprint density at radius 2 is 2.31 bits per heavy atom. The third-order valence-corrected chi connectivity index (χ3v) is 1.71. The molecule has 0 aliphatic heterocycles. The van der Waals surface area contributed by atoms with E-state index in [1.807, 2.05) is 12.1 Å². The van der Waals surface area contributed by atoms with Crippen molar-refractivity contribution in [1.82, 2.24) is 4.98 Å². The van der Waals surface area contributed by atoms with Crippen LogP contribution in [0.2, 0.25) is 0 Å². The van der Waals surface area contributed by atoms with Gasteiger partial charge in [0, 0.05) is 6.20 Å². The predicted molar refractivity (Wildman–Crippen MR) is 53.4 cm³/mol. The maximum absolute atomic E-state index is 8.50. The maximum atomic E-state index is 8.50. The number of rotatable bonds is 2. The van der Waals surface area contributed by atoms with E-state index in [0.717, 1.165) is 12.0 Å². The van der Waals surface area contributed by atoms with Crippen LogP contribution in [0.5, 0.6) is 0 Å². The van der Waals surface area contributed by atoms with E-state index in [1.165, 1.54) is 0 Å². The summed E-state index contributed by atoms with van der Waals surface area (Å²) in [5.41, 5.74) is 7.25. The predicted octanol–water partition coefficient (Wildman–Crippen LogP) is 1.59. The van der Waals surface area contributed by atoms with Crippen LogP contribution < -0.4 is 5.73 Å². The summed E-state index contributed by atoms with van der Waals surface area (Å²) >= 11 is 0. The largest absolute Gasteiger partial charge is 0.311 e. The summed E-state index contributed by atoms with van der Waals surface area (Å²) in [7, 11) is 0. The average Bonchev–Trinajstić information content (AvgIpc) is 2.17. The molecule has 0 aliphatic rings. The minimum absolute atomic E-state index is 0. The van der Waals surface area contributed by atoms with E-state index in [1.54, 1.807) is 12.3 Å². The molecule has 4 heteroatoms. The van der Waals surface area contributed by atoms with Gasteiger partial charge >= 0.3 is 0 Å². The zero-order chi connectivity index (χ0) is 8.97. The van der Waals surface area contributed by atoms with Crippen molar-refractivity contribution < 1.29 is 0 Å². The Morgan fingerprint density at radius 3 is 2.69 bits per heavy atom. The topological polar surface area (TPSA) is 62.7 Å². The highest BCUT2D eigenvalue weighted by Crippen LogP contribution is 2.06. The van der Waals surface area contributed by atoms with Gasteiger partial charge < -0.3 is 5.73 Å². The van der Waals surface area contributed by atoms with Crippen molar-refractivity contribution in [1.29, 1.82) is 5.26 Å². The fourth-order valence-corrected chi connectivity index (χ4v) is 0.895. The minimum Gasteiger partial charge on any atom is -0.311 e. The van der Waals surface area contributed by atoms with Gasteiger partial charge in [-0.15, -0.1) is 12.4 Å². The molecule has 0 bridgehead atoms. The van der Waals surface area contributed by atoms with Crippen LogP contribution in [0, 0.1) is 11.3 Å². The van der Waals surface area contributed by atoms with E-state index in [0.29, 0.717) is 5.69 Å². The van der Waals surface area contributed by atoms with Crippen LogP contribution in [0.4, 0.5) is 0 Å². The fraction of sp³-hybridized carbons (Fsp3) is 0.333. The number of aryl methyl sites for hydroxylation is 1. The second kappa shape index (κ2) is 5.52. The van der Waals surface area contributed by atoms with Gasteiger partial charge in [0.25, 0.3) is 0 Å². The van der Waals surface area contributed by atoms with Gasteiger partial charge in [-0.1, -0.05) is 13.0 Å². The smallest absolute Gasteiger partial charge is 0.135 e. The lowest BCUT2D eigenvalue weighted by atomic mass is 10.1. The molecule has 0 spiro atoms. The zero-order valence-corrected chi connectivity index (χ0v) is 8.21. The van der Waals surface area contributed by atoms with Crippen LogP contribution in [0.25, 0.3) is 0 Å². The molecule has 0 radical (unpaired) electrons. The van der Waals surface area contributed by atoms with Crippen molar-refractivity contribution in [3.05, 3.63) is 29.6 Å². The van der Waals surface area contributed by atoms with Crippen LogP contribution >= 0.6 is 12.4 Å². The Hall–Kier alpha value is -1.11. The molecule has 3 nitrogen and oxygen atoms in total. The Morgan fingerprint density at radius 1 is 1.62 bits per heavy atom. The molecule has 1 unspecified atom stereocenters. The van der Waals surface area contributed by atoms with Gasteiger partial charge in [-0.05, 0) is 18.1 Å². The van der Waals surface area contributed by atoms with Gasteiger partial charge in [0.05, 0.1) is 11.8 Å². The van der Waals surface area contributed by atoms with Crippen LogP contribution in [-0.2, 0) is 6.42 Å². The third-order valence-electron chi connectivity index (χ3n) is 1.71. The van der Waals surface area contributed by atoms with E-state index in [-0.39, 0.29) is 12.4 Å². The van der Waals surface area contributed by atoms with Crippen molar-refractivity contribution >= 4 is 12.4 Å². The van der Waals surface area contributed by atoms with E-state index >= 15 is 0 Å². The molecular formula is C9H12ClN3. The number of hydrogen-bond acceptors (Lipinski definition) is 3. The molecule has 0 aromatic carbocycles. The lowest BCUT2D eigenvalue weighted by molar-refractivity contribution is 0.869. The molecule has 1 atom stereocenters. The first kappa shape index (κ1) is 11.9. The number of pyridine rings is 1. The molecule has 1 rings (SSSR count). The maximum Gasteiger partial charge on any atom is 0.135 e. The second-order valence-corrected chi connectivity index (χ2v) is 2.55. The Balaban J connectivity index is 0.00000144. The van der Waals surface area contributed by atoms with E-state index in [2.05, 4.69) is 11.9 Å². The summed E-state index contributed by atoms with van der Waals surface area (Å²) in [5.74, 6) is 0. The molecule has 0 saturated carbocycles. The highest BCUT2D eigenvalue weighted by molar-refractivity contribution is 5.85. The minimum atomic E-state index is -0.601. The van der Waals surface area contributed by atoms with Gasteiger partial charge in [-0.3, -0.25) is 4.98 Å². The van der Waals surface area contributed by atoms with Crippen molar-refractivity contribution in [2.24, 2.45) is 5.73 Å². The monoisotopic (exact) mass is 197 g/mol. The van der Waals surface area contributed by atoms with Gasteiger partial charge in [0.15, 0.2) is 0 Å². The summed E-state index contributed by atoms with van der Waals surface area (Å²) in [6.07, 6.45) is 2.71. The lowest BCUT2D eigenvalue weighted by Gasteiger charge is -2.01. The Labute approximate surface area is 84.0 Å². The van der Waals surface area contributed by atoms with Crippen LogP contribution in [-0.4, -0.2) is 4.98 Å². The average molecular weight is 198 g/mol. The SMILES string of the molecule is CCc1ccc(C(N)C#N)nc1.Cl. The number of aromatic nitrogens is 1. The lowest BCUT2D eigenvalue weighted by Crippen LogP contribution is -2.09. The summed E-state index contributed by atoms with van der Waals surface area (Å²) in [6, 6.07) is 5.08. The van der Waals surface area contributed by atoms with E-state index in [4.69, 9.17) is 11.0 Å². The normalized spacial score (nSPS) is 11.2. The number of nitriles is 1. The summed E-state index contributed by atoms with van der Waals surface area (Å²) in [6.45, 7) is 2.06. The van der Waals surface area contributed by atoms with Gasteiger partial charge in [-0.25, -0.2) is 0 Å². The number of hydrogen-bond donors (Lipinski definition) is 1. The molecule has 1 aromatic rings. The van der Waals surface area contributed by atoms with Crippen LogP contribution in [0.1, 0.15) is 24.2 Å². The molecular weight excluding hydrogens is 186 g/mol. The molecule has 0 aliphatic carbocycles. The summed E-state index contributed by atoms with van der Waals surface area (Å²) < 4.78 is 0. The highest BCUT2D eigenvalue weighted by Gasteiger charge is 2.03. The first-order valence-electron chi connectivity index (χ1n) is 3.88. The van der Waals surface area contributed by atoms with Crippen molar-refractivity contribution in [3.8, 4) is 6.07 Å². The standard InChI is InChI=1S/C9H11N3.ClH/c1-2-7-3-4-9(12-6-7)8(11)5-10;/h3-4,6,8H,2,11H2,1H3;1H. The van der Waals surface area contributed by atoms with Crippen molar-refractivity contribution in [2.75, 3.05) is 0 Å². The third kappa shape index (κ3) is 3.02. The van der Waals surface area contributed by atoms with E-state index in [9.17, 15) is 0 Å². The summed E-state index contributed by atoms with van der Waals surface area (Å²) in [5, 5.41) is 8.50. The molecule has 1 aromatic heterocycles. The quantitative estimate of drug-likeness (QED) is 0.783. The molecule has 0 amide bonds. The molecule has 0 fully saturated rings. The number of nitrogens with zero attached hydrogens (tertiary/aromatic N) is 2. The molecule has 13 heavy (non-hydrogen) atoms. The van der Waals surface area contributed by atoms with E-state index < -0.39 is 6.04 Å². The molecule has 70 valence electrons. The van der Waals surface area contributed by atoms with Crippen molar-refractivity contribution in [2.45, 2.75) is 19.4 Å². The second-order valence-electron chi connectivity index (χ2n) is 2.55. The van der Waals surface area contributed by atoms with Crippen LogP contribution in [0.15, 0.2) is 18.3 Å². The highest BCUT2D eigenvalue weighted by atomic mass is 35.5. The Bertz CT molecular complexity index is 289. The first-order chi connectivity index (χ1) is 5.77. The molecule has 1 heterocycles. The zero-order valence-electron chi connectivity index (χ0n) is 7.40. The van der Waals surface area contributed by atoms with Gasteiger partial charge in [0.1, 0.15) is 6.04 Å². The van der Waals surface area contributed by atoms with Gasteiger partial charge in [-0.2, -0.15) is 5.26 Å². The fourth-order valence-electron chi connectivity index (χ4n) is 0.895. The van der Waals surface area contributed by atoms with Gasteiger partial charge in [0.2, 0.25) is 0 Å². The summed E-state index contributed by atoms with van der Waals surface area (Å²) in [4.78, 5) is 4.07. The molecule has 0 saturated heterocycles. The van der Waals surface area contributed by atoms with Crippen LogP contribution in [0.3, 0.4) is 0 Å². The molecule has 2 N–H and O–H groups in total. The Kier molecular flexibility index (Phi) is 5.05. The number of halogens is 1. The number of nitrogens with two attached hydrogens (primary N) is 1. The first-order valence-corrected chi connectivity index (χ1v) is 3.88. The van der Waals surface area contributed by atoms with Crippen molar-refractivity contribution in [3.63, 3.8) is 0 Å².